The third-order valence-corrected chi connectivity index (χ3v) is 4.54. The highest BCUT2D eigenvalue weighted by Gasteiger charge is 2.25. The maximum Gasteiger partial charge on any atom is 0.242 e. The van der Waals surface area contributed by atoms with Gasteiger partial charge in [0.05, 0.1) is 6.42 Å². The molecule has 0 aromatic heterocycles. The van der Waals surface area contributed by atoms with Crippen LogP contribution in [0.25, 0.3) is 0 Å². The predicted octanol–water partition coefficient (Wildman–Crippen LogP) is 3.01. The SMILES string of the molecule is CNC(=O)[C@@H](C)N(Cc1ccccc1)C(=O)Cc1ccc(C)c(C)c1. The molecule has 25 heavy (non-hydrogen) atoms. The maximum atomic E-state index is 12.9. The van der Waals surface area contributed by atoms with E-state index in [1.807, 2.05) is 55.5 Å². The number of nitrogens with one attached hydrogen (secondary N) is 1. The van der Waals surface area contributed by atoms with Crippen molar-refractivity contribution in [3.63, 3.8) is 0 Å². The van der Waals surface area contributed by atoms with Gasteiger partial charge in [0, 0.05) is 13.6 Å². The smallest absolute Gasteiger partial charge is 0.242 e. The first-order valence-corrected chi connectivity index (χ1v) is 8.53. The van der Waals surface area contributed by atoms with E-state index in [4.69, 9.17) is 0 Å². The average Bonchev–Trinajstić information content (AvgIpc) is 2.62. The highest BCUT2D eigenvalue weighted by Crippen LogP contribution is 2.15. The molecule has 0 saturated carbocycles. The second-order valence-electron chi connectivity index (χ2n) is 6.39. The van der Waals surface area contributed by atoms with E-state index in [1.54, 1.807) is 18.9 Å². The fraction of sp³-hybridized carbons (Fsp3) is 0.333. The number of nitrogens with zero attached hydrogens (tertiary/aromatic N) is 1. The lowest BCUT2D eigenvalue weighted by Crippen LogP contribution is -2.47. The van der Waals surface area contributed by atoms with Crippen molar-refractivity contribution in [3.05, 3.63) is 70.8 Å². The van der Waals surface area contributed by atoms with E-state index in [0.29, 0.717) is 6.54 Å². The number of amides is 2. The van der Waals surface area contributed by atoms with Crippen LogP contribution in [0.2, 0.25) is 0 Å². The molecule has 0 spiro atoms. The van der Waals surface area contributed by atoms with Gasteiger partial charge in [0.2, 0.25) is 11.8 Å². The standard InChI is InChI=1S/C21H26N2O2/c1-15-10-11-19(12-16(15)2)13-20(24)23(17(3)21(25)22-4)14-18-8-6-5-7-9-18/h5-12,17H,13-14H2,1-4H3,(H,22,25)/t17-/m1/s1. The van der Waals surface area contributed by atoms with Crippen molar-refractivity contribution in [3.8, 4) is 0 Å². The van der Waals surface area contributed by atoms with Crippen LogP contribution >= 0.6 is 0 Å². The molecule has 2 amide bonds. The molecule has 0 radical (unpaired) electrons. The number of aryl methyl sites for hydroxylation is 2. The summed E-state index contributed by atoms with van der Waals surface area (Å²) in [5.41, 5.74) is 4.34. The molecule has 2 rings (SSSR count). The van der Waals surface area contributed by atoms with Gasteiger partial charge >= 0.3 is 0 Å². The van der Waals surface area contributed by atoms with Gasteiger partial charge in [0.25, 0.3) is 0 Å². The Morgan fingerprint density at radius 1 is 1.00 bits per heavy atom. The number of carbonyl (C=O) groups excluding carboxylic acids is 2. The van der Waals surface area contributed by atoms with Crippen LogP contribution in [0.4, 0.5) is 0 Å². The van der Waals surface area contributed by atoms with Crippen LogP contribution in [0.15, 0.2) is 48.5 Å². The number of rotatable bonds is 6. The van der Waals surface area contributed by atoms with Gasteiger partial charge < -0.3 is 10.2 Å². The van der Waals surface area contributed by atoms with Gasteiger partial charge in [0.15, 0.2) is 0 Å². The van der Waals surface area contributed by atoms with Gasteiger partial charge in [-0.3, -0.25) is 9.59 Å². The minimum absolute atomic E-state index is 0.0526. The number of hydrogen-bond donors (Lipinski definition) is 1. The fourth-order valence-electron chi connectivity index (χ4n) is 2.76. The minimum Gasteiger partial charge on any atom is -0.357 e. The highest BCUT2D eigenvalue weighted by atomic mass is 16.2. The van der Waals surface area contributed by atoms with Crippen LogP contribution < -0.4 is 5.32 Å². The van der Waals surface area contributed by atoms with E-state index < -0.39 is 6.04 Å². The molecule has 2 aromatic carbocycles. The summed E-state index contributed by atoms with van der Waals surface area (Å²) in [5.74, 6) is -0.215. The van der Waals surface area contributed by atoms with Crippen LogP contribution in [0.5, 0.6) is 0 Å². The molecule has 0 unspecified atom stereocenters. The lowest BCUT2D eigenvalue weighted by molar-refractivity contribution is -0.139. The summed E-state index contributed by atoms with van der Waals surface area (Å²) in [6, 6.07) is 15.3. The van der Waals surface area contributed by atoms with Crippen LogP contribution in [0.1, 0.15) is 29.2 Å². The van der Waals surface area contributed by atoms with E-state index in [-0.39, 0.29) is 18.2 Å². The Labute approximate surface area is 149 Å². The molecule has 0 aliphatic heterocycles. The molecule has 0 aliphatic carbocycles. The van der Waals surface area contributed by atoms with Gasteiger partial charge in [-0.15, -0.1) is 0 Å². The molecule has 132 valence electrons. The zero-order chi connectivity index (χ0) is 18.4. The summed E-state index contributed by atoms with van der Waals surface area (Å²) >= 11 is 0. The summed E-state index contributed by atoms with van der Waals surface area (Å²) < 4.78 is 0. The Balaban J connectivity index is 2.22. The molecular weight excluding hydrogens is 312 g/mol. The molecule has 1 atom stereocenters. The zero-order valence-electron chi connectivity index (χ0n) is 15.4. The van der Waals surface area contributed by atoms with Crippen molar-refractivity contribution in [2.24, 2.45) is 0 Å². The summed E-state index contributed by atoms with van der Waals surface area (Å²) in [6.45, 7) is 6.27. The first-order chi connectivity index (χ1) is 11.9. The molecule has 0 aliphatic rings. The maximum absolute atomic E-state index is 12.9. The molecule has 2 aromatic rings. The topological polar surface area (TPSA) is 49.4 Å². The second-order valence-corrected chi connectivity index (χ2v) is 6.39. The first kappa shape index (κ1) is 18.7. The molecule has 0 heterocycles. The summed E-state index contributed by atoms with van der Waals surface area (Å²) in [6.07, 6.45) is 0.287. The van der Waals surface area contributed by atoms with Gasteiger partial charge in [-0.1, -0.05) is 48.5 Å². The van der Waals surface area contributed by atoms with E-state index in [9.17, 15) is 9.59 Å². The van der Waals surface area contributed by atoms with Crippen molar-refractivity contribution in [1.82, 2.24) is 10.2 Å². The normalized spacial score (nSPS) is 11.7. The van der Waals surface area contributed by atoms with E-state index in [0.717, 1.165) is 11.1 Å². The summed E-state index contributed by atoms with van der Waals surface area (Å²) in [4.78, 5) is 26.7. The van der Waals surface area contributed by atoms with Crippen LogP contribution in [-0.2, 0) is 22.6 Å². The molecule has 0 fully saturated rings. The summed E-state index contributed by atoms with van der Waals surface area (Å²) in [5, 5.41) is 2.63. The molecular formula is C21H26N2O2. The Morgan fingerprint density at radius 2 is 1.68 bits per heavy atom. The van der Waals surface area contributed by atoms with Crippen LogP contribution in [0, 0.1) is 13.8 Å². The zero-order valence-corrected chi connectivity index (χ0v) is 15.4. The van der Waals surface area contributed by atoms with Crippen molar-refractivity contribution in [2.75, 3.05) is 7.05 Å². The van der Waals surface area contributed by atoms with Gasteiger partial charge in [-0.25, -0.2) is 0 Å². The lowest BCUT2D eigenvalue weighted by atomic mass is 10.0. The van der Waals surface area contributed by atoms with Crippen molar-refractivity contribution in [1.29, 1.82) is 0 Å². The molecule has 0 saturated heterocycles. The largest absolute Gasteiger partial charge is 0.357 e. The number of likely N-dealkylation sites (N-methyl/N-ethyl adjacent to an activating group) is 1. The van der Waals surface area contributed by atoms with E-state index in [1.165, 1.54) is 11.1 Å². The summed E-state index contributed by atoms with van der Waals surface area (Å²) in [7, 11) is 1.59. The monoisotopic (exact) mass is 338 g/mol. The van der Waals surface area contributed by atoms with Gasteiger partial charge in [-0.05, 0) is 43.0 Å². The molecule has 4 heteroatoms. The molecule has 0 bridgehead atoms. The predicted molar refractivity (Wildman–Crippen MR) is 100 cm³/mol. The molecule has 1 N–H and O–H groups in total. The number of benzene rings is 2. The quantitative estimate of drug-likeness (QED) is 0.880. The first-order valence-electron chi connectivity index (χ1n) is 8.53. The number of carbonyl (C=O) groups is 2. The Kier molecular flexibility index (Phi) is 6.34. The van der Waals surface area contributed by atoms with E-state index in [2.05, 4.69) is 12.2 Å². The Hall–Kier alpha value is -2.62. The average molecular weight is 338 g/mol. The van der Waals surface area contributed by atoms with Gasteiger partial charge in [0.1, 0.15) is 6.04 Å². The highest BCUT2D eigenvalue weighted by molar-refractivity contribution is 5.88. The Morgan fingerprint density at radius 3 is 2.28 bits per heavy atom. The molecule has 4 nitrogen and oxygen atoms in total. The number of hydrogen-bond acceptors (Lipinski definition) is 2. The minimum atomic E-state index is -0.524. The lowest BCUT2D eigenvalue weighted by Gasteiger charge is -2.28. The van der Waals surface area contributed by atoms with Gasteiger partial charge in [-0.2, -0.15) is 0 Å². The van der Waals surface area contributed by atoms with Crippen LogP contribution in [-0.4, -0.2) is 29.8 Å². The van der Waals surface area contributed by atoms with E-state index >= 15 is 0 Å². The third kappa shape index (κ3) is 4.92. The fourth-order valence-corrected chi connectivity index (χ4v) is 2.76. The second kappa shape index (κ2) is 8.47. The van der Waals surface area contributed by atoms with Crippen molar-refractivity contribution in [2.45, 2.75) is 39.8 Å². The van der Waals surface area contributed by atoms with Crippen molar-refractivity contribution < 1.29 is 9.59 Å². The third-order valence-electron chi connectivity index (χ3n) is 4.54. The van der Waals surface area contributed by atoms with Crippen LogP contribution in [0.3, 0.4) is 0 Å². The Bertz CT molecular complexity index is 741. The van der Waals surface area contributed by atoms with Crippen molar-refractivity contribution >= 4 is 11.8 Å².